The number of aromatic nitrogens is 1. The molecule has 2 fully saturated rings. The lowest BCUT2D eigenvalue weighted by atomic mass is 9.88. The molecule has 9 heteroatoms. The fourth-order valence-corrected chi connectivity index (χ4v) is 5.90. The summed E-state index contributed by atoms with van der Waals surface area (Å²) in [6, 6.07) is 18.5. The Morgan fingerprint density at radius 1 is 0.975 bits per heavy atom. The molecule has 0 radical (unpaired) electrons. The van der Waals surface area contributed by atoms with E-state index in [-0.39, 0.29) is 30.0 Å². The van der Waals surface area contributed by atoms with Crippen molar-refractivity contribution in [3.05, 3.63) is 94.8 Å². The van der Waals surface area contributed by atoms with Gasteiger partial charge in [0.15, 0.2) is 0 Å². The molecule has 0 bridgehead atoms. The van der Waals surface area contributed by atoms with E-state index in [1.165, 1.54) is 5.56 Å². The monoisotopic (exact) mass is 537 g/mol. The summed E-state index contributed by atoms with van der Waals surface area (Å²) in [5, 5.41) is 5.21. The van der Waals surface area contributed by atoms with Gasteiger partial charge in [0.25, 0.3) is 11.8 Å². The number of piperidine rings is 2. The van der Waals surface area contributed by atoms with Crippen molar-refractivity contribution in [1.82, 2.24) is 20.1 Å². The smallest absolute Gasteiger partial charge is 0.274 e. The highest BCUT2D eigenvalue weighted by atomic mass is 16.2. The first-order valence-electron chi connectivity index (χ1n) is 13.8. The topological polar surface area (TPSA) is 112 Å². The molecule has 2 aromatic carbocycles. The van der Waals surface area contributed by atoms with Crippen molar-refractivity contribution in [3.8, 4) is 0 Å². The number of hydrogen-bond donors (Lipinski definition) is 2. The van der Waals surface area contributed by atoms with Crippen LogP contribution in [0.3, 0.4) is 0 Å². The number of para-hydroxylation sites is 1. The van der Waals surface area contributed by atoms with Crippen LogP contribution in [0.1, 0.15) is 69.1 Å². The number of rotatable bonds is 6. The Balaban J connectivity index is 1.02. The molecule has 3 aliphatic heterocycles. The van der Waals surface area contributed by atoms with Crippen molar-refractivity contribution in [1.29, 1.82) is 0 Å². The minimum atomic E-state index is -0.592. The SMILES string of the molecule is O=C1CCC(N2Cc3cc(C4CCN(Cc5ccc(C(=O)Nc6ccccc6)nc5)CC4)ccc3C2=O)C(=O)N1. The maximum absolute atomic E-state index is 13.0. The summed E-state index contributed by atoms with van der Waals surface area (Å²) in [4.78, 5) is 57.7. The standard InChI is InChI=1S/C31H31N5O4/c37-28-11-10-27(30(39)34-28)36-19-23-16-22(7-8-25(23)31(36)40)21-12-14-35(15-13-21)18-20-6-9-26(32-17-20)29(38)33-24-4-2-1-3-5-24/h1-9,16-17,21,27H,10-15,18-19H2,(H,33,38)(H,34,37,39). The molecule has 1 aromatic heterocycles. The van der Waals surface area contributed by atoms with E-state index >= 15 is 0 Å². The van der Waals surface area contributed by atoms with Gasteiger partial charge < -0.3 is 10.2 Å². The Hall–Kier alpha value is -4.37. The van der Waals surface area contributed by atoms with Gasteiger partial charge in [0, 0.05) is 37.0 Å². The third-order valence-electron chi connectivity index (χ3n) is 8.10. The molecule has 40 heavy (non-hydrogen) atoms. The van der Waals surface area contributed by atoms with E-state index in [0.717, 1.165) is 49.3 Å². The highest BCUT2D eigenvalue weighted by Crippen LogP contribution is 2.34. The van der Waals surface area contributed by atoms with Gasteiger partial charge in [-0.1, -0.05) is 36.4 Å². The van der Waals surface area contributed by atoms with E-state index < -0.39 is 6.04 Å². The Labute approximate surface area is 232 Å². The highest BCUT2D eigenvalue weighted by Gasteiger charge is 2.39. The lowest BCUT2D eigenvalue weighted by Gasteiger charge is -2.32. The molecule has 4 heterocycles. The van der Waals surface area contributed by atoms with Gasteiger partial charge >= 0.3 is 0 Å². The number of carbonyl (C=O) groups excluding carboxylic acids is 4. The molecule has 3 aliphatic rings. The van der Waals surface area contributed by atoms with Gasteiger partial charge in [0.2, 0.25) is 11.8 Å². The molecule has 2 N–H and O–H groups in total. The number of likely N-dealkylation sites (tertiary alicyclic amines) is 1. The van der Waals surface area contributed by atoms with E-state index in [0.29, 0.717) is 30.1 Å². The predicted molar refractivity (Wildman–Crippen MR) is 148 cm³/mol. The van der Waals surface area contributed by atoms with E-state index in [4.69, 9.17) is 0 Å². The largest absolute Gasteiger partial charge is 0.322 e. The van der Waals surface area contributed by atoms with E-state index in [9.17, 15) is 19.2 Å². The molecule has 204 valence electrons. The first-order chi connectivity index (χ1) is 19.4. The average Bonchev–Trinajstić information content (AvgIpc) is 3.29. The Morgan fingerprint density at radius 2 is 1.77 bits per heavy atom. The molecular weight excluding hydrogens is 506 g/mol. The Bertz CT molecular complexity index is 1450. The third kappa shape index (κ3) is 5.37. The van der Waals surface area contributed by atoms with Crippen molar-refractivity contribution in [2.75, 3.05) is 18.4 Å². The molecule has 0 aliphatic carbocycles. The zero-order chi connectivity index (χ0) is 27.6. The number of amides is 4. The molecule has 2 saturated heterocycles. The van der Waals surface area contributed by atoms with E-state index in [2.05, 4.69) is 26.6 Å². The number of benzene rings is 2. The average molecular weight is 538 g/mol. The molecular formula is C31H31N5O4. The van der Waals surface area contributed by atoms with Crippen LogP contribution in [0.2, 0.25) is 0 Å². The fraction of sp³-hybridized carbons (Fsp3) is 0.323. The minimum absolute atomic E-state index is 0.136. The van der Waals surface area contributed by atoms with Crippen LogP contribution in [0.15, 0.2) is 66.9 Å². The Morgan fingerprint density at radius 3 is 2.50 bits per heavy atom. The van der Waals surface area contributed by atoms with Crippen molar-refractivity contribution in [3.63, 3.8) is 0 Å². The fourth-order valence-electron chi connectivity index (χ4n) is 5.90. The van der Waals surface area contributed by atoms with Crippen molar-refractivity contribution >= 4 is 29.3 Å². The molecule has 4 amide bonds. The number of anilines is 1. The maximum atomic E-state index is 13.0. The summed E-state index contributed by atoms with van der Waals surface area (Å²) < 4.78 is 0. The summed E-state index contributed by atoms with van der Waals surface area (Å²) >= 11 is 0. The van der Waals surface area contributed by atoms with Gasteiger partial charge in [-0.25, -0.2) is 0 Å². The zero-order valence-corrected chi connectivity index (χ0v) is 22.1. The lowest BCUT2D eigenvalue weighted by molar-refractivity contribution is -0.136. The molecule has 1 unspecified atom stereocenters. The van der Waals surface area contributed by atoms with E-state index in [1.54, 1.807) is 17.2 Å². The highest BCUT2D eigenvalue weighted by molar-refractivity contribution is 6.05. The predicted octanol–water partition coefficient (Wildman–Crippen LogP) is 3.47. The van der Waals surface area contributed by atoms with Crippen LogP contribution in [0.5, 0.6) is 0 Å². The summed E-state index contributed by atoms with van der Waals surface area (Å²) in [6.07, 6.45) is 4.42. The normalized spacial score (nSPS) is 19.9. The quantitative estimate of drug-likeness (QED) is 0.466. The minimum Gasteiger partial charge on any atom is -0.322 e. The third-order valence-corrected chi connectivity index (χ3v) is 8.10. The second-order valence-corrected chi connectivity index (χ2v) is 10.7. The van der Waals surface area contributed by atoms with Crippen LogP contribution in [0.25, 0.3) is 0 Å². The van der Waals surface area contributed by atoms with Crippen molar-refractivity contribution in [2.24, 2.45) is 0 Å². The number of pyridine rings is 1. The van der Waals surface area contributed by atoms with Gasteiger partial charge in [-0.05, 0) is 79.2 Å². The second-order valence-electron chi connectivity index (χ2n) is 10.7. The van der Waals surface area contributed by atoms with Crippen LogP contribution in [0, 0.1) is 0 Å². The van der Waals surface area contributed by atoms with Gasteiger partial charge in [-0.2, -0.15) is 0 Å². The maximum Gasteiger partial charge on any atom is 0.274 e. The zero-order valence-electron chi connectivity index (χ0n) is 22.1. The summed E-state index contributed by atoms with van der Waals surface area (Å²) in [5.74, 6) is -0.620. The first-order valence-corrected chi connectivity index (χ1v) is 13.8. The number of nitrogens with one attached hydrogen (secondary N) is 2. The van der Waals surface area contributed by atoms with Gasteiger partial charge in [0.1, 0.15) is 11.7 Å². The molecule has 9 nitrogen and oxygen atoms in total. The van der Waals surface area contributed by atoms with Crippen LogP contribution < -0.4 is 10.6 Å². The number of nitrogens with zero attached hydrogens (tertiary/aromatic N) is 3. The molecule has 0 saturated carbocycles. The number of carbonyl (C=O) groups is 4. The molecule has 6 rings (SSSR count). The summed E-state index contributed by atoms with van der Waals surface area (Å²) in [6.45, 7) is 3.07. The molecule has 1 atom stereocenters. The van der Waals surface area contributed by atoms with Crippen molar-refractivity contribution < 1.29 is 19.2 Å². The van der Waals surface area contributed by atoms with Crippen molar-refractivity contribution in [2.45, 2.75) is 50.7 Å². The van der Waals surface area contributed by atoms with Gasteiger partial charge in [0.05, 0.1) is 0 Å². The first kappa shape index (κ1) is 25.9. The molecule has 0 spiro atoms. The molecule has 3 aromatic rings. The second kappa shape index (κ2) is 11.0. The van der Waals surface area contributed by atoms with E-state index in [1.807, 2.05) is 48.5 Å². The Kier molecular flexibility index (Phi) is 7.13. The lowest BCUT2D eigenvalue weighted by Crippen LogP contribution is -2.52. The summed E-state index contributed by atoms with van der Waals surface area (Å²) in [5.41, 5.74) is 5.03. The number of hydrogen-bond acceptors (Lipinski definition) is 6. The van der Waals surface area contributed by atoms with Crippen LogP contribution in [-0.4, -0.2) is 57.5 Å². The van der Waals surface area contributed by atoms with Gasteiger partial charge in [-0.3, -0.25) is 34.4 Å². The van der Waals surface area contributed by atoms with Gasteiger partial charge in [-0.15, -0.1) is 0 Å². The van der Waals surface area contributed by atoms with Crippen LogP contribution >= 0.6 is 0 Å². The summed E-state index contributed by atoms with van der Waals surface area (Å²) in [7, 11) is 0. The van der Waals surface area contributed by atoms with Crippen LogP contribution in [-0.2, 0) is 22.7 Å². The number of fused-ring (bicyclic) bond motifs is 1. The van der Waals surface area contributed by atoms with Crippen LogP contribution in [0.4, 0.5) is 5.69 Å². The number of imide groups is 1.